The van der Waals surface area contributed by atoms with Gasteiger partial charge in [0.1, 0.15) is 17.3 Å². The van der Waals surface area contributed by atoms with E-state index in [4.69, 9.17) is 0 Å². The molecule has 342 valence electrons. The average molecular weight is 984 g/mol. The zero-order chi connectivity index (χ0) is 46.9. The molecule has 5 aromatic rings. The Morgan fingerprint density at radius 1 is 0.531 bits per heavy atom. The summed E-state index contributed by atoms with van der Waals surface area (Å²) < 4.78 is 151. The third-order valence-corrected chi connectivity index (χ3v) is 13.3. The van der Waals surface area contributed by atoms with E-state index >= 15 is 0 Å². The lowest BCUT2D eigenvalue weighted by Crippen LogP contribution is -2.18. The van der Waals surface area contributed by atoms with Crippen molar-refractivity contribution in [3.63, 3.8) is 0 Å². The van der Waals surface area contributed by atoms with E-state index in [9.17, 15) is 51.2 Å². The van der Waals surface area contributed by atoms with E-state index in [0.717, 1.165) is 39.5 Å². The van der Waals surface area contributed by atoms with Crippen LogP contribution < -0.4 is 10.6 Å². The van der Waals surface area contributed by atoms with Crippen LogP contribution in [-0.4, -0.2) is 99.8 Å². The second kappa shape index (κ2) is 20.4. The Morgan fingerprint density at radius 3 is 1.48 bits per heavy atom. The monoisotopic (exact) mass is 983 g/mol. The molecule has 64 heavy (non-hydrogen) atoms. The number of azo groups is 2. The van der Waals surface area contributed by atoms with Gasteiger partial charge in [-0.2, -0.15) is 77.5 Å². The maximum Gasteiger partial charge on any atom is 0.296 e. The van der Waals surface area contributed by atoms with Gasteiger partial charge in [-0.25, -0.2) is 0 Å². The molecule has 0 bridgehead atoms. The molecule has 0 saturated heterocycles. The molecule has 0 aliphatic carbocycles. The Labute approximate surface area is 367 Å². The van der Waals surface area contributed by atoms with Crippen LogP contribution >= 0.6 is 0 Å². The highest BCUT2D eigenvalue weighted by Crippen LogP contribution is 2.29. The lowest BCUT2D eigenvalue weighted by atomic mass is 10.1. The van der Waals surface area contributed by atoms with Crippen molar-refractivity contribution in [3.8, 4) is 0 Å². The fraction of sp³-hybridized carbons (Fsp3) is 0.229. The summed E-state index contributed by atoms with van der Waals surface area (Å²) in [7, 11) is -18.6. The van der Waals surface area contributed by atoms with E-state index < -0.39 is 77.6 Å². The van der Waals surface area contributed by atoms with Crippen molar-refractivity contribution in [2.75, 3.05) is 44.3 Å². The highest BCUT2D eigenvalue weighted by molar-refractivity contribution is 7.87. The van der Waals surface area contributed by atoms with E-state index in [1.807, 2.05) is 0 Å². The van der Waals surface area contributed by atoms with Crippen molar-refractivity contribution in [2.24, 2.45) is 20.5 Å². The van der Waals surface area contributed by atoms with E-state index in [1.165, 1.54) is 30.3 Å². The topological polar surface area (TPSA) is 351 Å². The van der Waals surface area contributed by atoms with Crippen LogP contribution in [0.15, 0.2) is 115 Å². The molecule has 0 radical (unpaired) electrons. The summed E-state index contributed by atoms with van der Waals surface area (Å²) in [5.74, 6) is -1.76. The van der Waals surface area contributed by atoms with Gasteiger partial charge in [-0.05, 0) is 83.4 Å². The summed E-state index contributed by atoms with van der Waals surface area (Å²) in [5, 5.41) is 22.1. The maximum atomic E-state index is 12.3. The number of nitrogens with one attached hydrogen (secondary N) is 2. The molecule has 0 atom stereocenters. The smallest absolute Gasteiger partial charge is 0.296 e. The number of rotatable bonds is 21. The summed E-state index contributed by atoms with van der Waals surface area (Å²) in [4.78, 5) is 12.3. The largest absolute Gasteiger partial charge is 0.353 e. The highest BCUT2D eigenvalue weighted by atomic mass is 32.2. The normalized spacial score (nSPS) is 12.8. The molecule has 4 N–H and O–H groups in total. The molecule has 1 aromatic heterocycles. The van der Waals surface area contributed by atoms with Crippen molar-refractivity contribution in [3.05, 3.63) is 107 Å². The highest BCUT2D eigenvalue weighted by Gasteiger charge is 2.22. The van der Waals surface area contributed by atoms with Gasteiger partial charge in [-0.3, -0.25) is 21.7 Å². The molecule has 0 fully saturated rings. The molecular formula is C35H37N9O15S5. The fourth-order valence-corrected chi connectivity index (χ4v) is 8.55. The fourth-order valence-electron chi connectivity index (χ4n) is 5.32. The molecule has 0 aliphatic heterocycles. The SMILES string of the molecule is COS(=O)(=O)CCNc1nc(Cc2ccc(N=Nc3cc(CS(=O)(=O)O)cc(CS(=O)(=O)O)c3)cc2)nc(Nc2ccc(N=Nc3cc(S(=O)(=O)OC)cc(S(=O)(=O)OC)c3)cc2)n1. The van der Waals surface area contributed by atoms with E-state index in [2.05, 4.69) is 58.6 Å². The van der Waals surface area contributed by atoms with Crippen LogP contribution in [0.25, 0.3) is 0 Å². The van der Waals surface area contributed by atoms with Crippen LogP contribution in [0.3, 0.4) is 0 Å². The second-order valence-electron chi connectivity index (χ2n) is 13.0. The summed E-state index contributed by atoms with van der Waals surface area (Å²) in [5.41, 5.74) is 1.67. The first-order valence-corrected chi connectivity index (χ1v) is 25.4. The van der Waals surface area contributed by atoms with Crippen LogP contribution in [0.2, 0.25) is 0 Å². The molecule has 0 amide bonds. The van der Waals surface area contributed by atoms with Gasteiger partial charge in [-0.15, -0.1) is 0 Å². The third kappa shape index (κ3) is 15.2. The third-order valence-electron chi connectivity index (χ3n) is 8.17. The lowest BCUT2D eigenvalue weighted by Gasteiger charge is -2.11. The summed E-state index contributed by atoms with van der Waals surface area (Å²) in [6.45, 7) is -0.117. The molecule has 29 heteroatoms. The predicted molar refractivity (Wildman–Crippen MR) is 228 cm³/mol. The van der Waals surface area contributed by atoms with Gasteiger partial charge >= 0.3 is 0 Å². The molecule has 0 unspecified atom stereocenters. The van der Waals surface area contributed by atoms with Gasteiger partial charge in [0.2, 0.25) is 11.9 Å². The molecule has 4 aromatic carbocycles. The van der Waals surface area contributed by atoms with Crippen molar-refractivity contribution in [2.45, 2.75) is 27.7 Å². The molecule has 0 aliphatic rings. The Balaban J connectivity index is 1.35. The minimum absolute atomic E-state index is 0.00978. The quantitative estimate of drug-likeness (QED) is 0.0433. The Kier molecular flexibility index (Phi) is 15.7. The van der Waals surface area contributed by atoms with Crippen LogP contribution in [0, 0.1) is 0 Å². The van der Waals surface area contributed by atoms with Gasteiger partial charge in [0, 0.05) is 18.7 Å². The van der Waals surface area contributed by atoms with Gasteiger partial charge < -0.3 is 10.6 Å². The van der Waals surface area contributed by atoms with Crippen LogP contribution in [0.5, 0.6) is 0 Å². The van der Waals surface area contributed by atoms with Crippen LogP contribution in [0.1, 0.15) is 22.5 Å². The van der Waals surface area contributed by atoms with Crippen LogP contribution in [0.4, 0.5) is 40.3 Å². The number of hydrogen-bond donors (Lipinski definition) is 4. The number of anilines is 3. The van der Waals surface area contributed by atoms with Gasteiger partial charge in [0.05, 0.1) is 59.6 Å². The first-order chi connectivity index (χ1) is 29.9. The Bertz CT molecular complexity index is 3030. The first-order valence-electron chi connectivity index (χ1n) is 17.8. The van der Waals surface area contributed by atoms with E-state index in [-0.39, 0.29) is 58.9 Å². The van der Waals surface area contributed by atoms with Crippen molar-refractivity contribution >= 4 is 90.9 Å². The number of benzene rings is 4. The van der Waals surface area contributed by atoms with E-state index in [0.29, 0.717) is 16.9 Å². The predicted octanol–water partition coefficient (Wildman–Crippen LogP) is 4.87. The molecule has 24 nitrogen and oxygen atoms in total. The molecule has 5 rings (SSSR count). The summed E-state index contributed by atoms with van der Waals surface area (Å²) in [6, 6.07) is 19.5. The molecule has 0 spiro atoms. The number of aromatic nitrogens is 3. The standard InChI is InChI=1S/C35H37N9O15S5/c1-57-62(51,52)13-12-36-34-38-33(17-23-4-6-27(7-5-23)41-43-29-15-24(21-60(45,46)47)14-25(16-29)22-61(48,49)50)39-35(40-34)37-26-8-10-28(11-9-26)42-44-30-18-31(63(53,54)58-2)20-32(19-30)64(55,56)59-3/h4-11,14-16,18-20H,12-13,17,21-22H2,1-3H3,(H,45,46,47)(H,48,49,50)(H2,36,37,38,39,40). The van der Waals surface area contributed by atoms with Crippen molar-refractivity contribution < 1.29 is 63.7 Å². The molecule has 1 heterocycles. The van der Waals surface area contributed by atoms with E-state index in [1.54, 1.807) is 36.4 Å². The minimum Gasteiger partial charge on any atom is -0.353 e. The minimum atomic E-state index is -4.48. The van der Waals surface area contributed by atoms with Crippen molar-refractivity contribution in [1.29, 1.82) is 0 Å². The Morgan fingerprint density at radius 2 is 1.00 bits per heavy atom. The Hall–Kier alpha value is -5.76. The van der Waals surface area contributed by atoms with Crippen LogP contribution in [-0.2, 0) is 81.1 Å². The van der Waals surface area contributed by atoms with Gasteiger partial charge in [-0.1, -0.05) is 18.2 Å². The zero-order valence-corrected chi connectivity index (χ0v) is 37.6. The van der Waals surface area contributed by atoms with Gasteiger partial charge in [0.25, 0.3) is 50.6 Å². The second-order valence-corrected chi connectivity index (χ2v) is 21.2. The number of hydrogen-bond acceptors (Lipinski definition) is 22. The first kappa shape index (κ1) is 49.3. The summed E-state index contributed by atoms with van der Waals surface area (Å²) >= 11 is 0. The molecule has 0 saturated carbocycles. The lowest BCUT2D eigenvalue weighted by molar-refractivity contribution is 0.395. The van der Waals surface area contributed by atoms with Crippen molar-refractivity contribution in [1.82, 2.24) is 15.0 Å². The maximum absolute atomic E-state index is 12.3. The average Bonchev–Trinajstić information content (AvgIpc) is 3.21. The molecular weight excluding hydrogens is 947 g/mol. The van der Waals surface area contributed by atoms with Gasteiger partial charge in [0.15, 0.2) is 0 Å². The zero-order valence-electron chi connectivity index (χ0n) is 33.5. The summed E-state index contributed by atoms with van der Waals surface area (Å²) in [6.07, 6.45) is 0.135. The number of nitrogens with zero attached hydrogens (tertiary/aromatic N) is 7.